The second kappa shape index (κ2) is 8.41. The van der Waals surface area contributed by atoms with Gasteiger partial charge in [0.25, 0.3) is 0 Å². The van der Waals surface area contributed by atoms with Gasteiger partial charge in [-0.25, -0.2) is 4.98 Å². The quantitative estimate of drug-likeness (QED) is 0.425. The van der Waals surface area contributed by atoms with Crippen molar-refractivity contribution < 1.29 is 4.79 Å². The molecule has 0 saturated carbocycles. The molecule has 2 aliphatic rings. The van der Waals surface area contributed by atoms with Crippen LogP contribution in [0, 0.1) is 5.92 Å². The van der Waals surface area contributed by atoms with E-state index in [1.807, 2.05) is 60.8 Å². The van der Waals surface area contributed by atoms with Crippen LogP contribution in [-0.4, -0.2) is 46.8 Å². The van der Waals surface area contributed by atoms with Crippen LogP contribution in [0.5, 0.6) is 0 Å². The van der Waals surface area contributed by atoms with Crippen molar-refractivity contribution in [1.82, 2.24) is 14.9 Å². The van der Waals surface area contributed by atoms with Gasteiger partial charge in [-0.3, -0.25) is 9.88 Å². The fourth-order valence-electron chi connectivity index (χ4n) is 5.41. The number of rotatable bonds is 5. The Morgan fingerprint density at radius 3 is 2.48 bits per heavy atom. The smallest absolute Gasteiger partial charge is 0.148 e. The number of para-hydroxylation sites is 2. The molecule has 0 radical (unpaired) electrons. The van der Waals surface area contributed by atoms with Gasteiger partial charge in [0.05, 0.1) is 23.3 Å². The number of nitrogens with zero attached hydrogens (tertiary/aromatic N) is 4. The summed E-state index contributed by atoms with van der Waals surface area (Å²) >= 11 is 0. The van der Waals surface area contributed by atoms with E-state index >= 15 is 0 Å². The van der Waals surface area contributed by atoms with Crippen molar-refractivity contribution in [2.75, 3.05) is 24.5 Å². The first-order valence-corrected chi connectivity index (χ1v) is 11.6. The number of benzene rings is 3. The van der Waals surface area contributed by atoms with E-state index in [2.05, 4.69) is 39.0 Å². The van der Waals surface area contributed by atoms with Gasteiger partial charge < -0.3 is 9.69 Å². The van der Waals surface area contributed by atoms with Crippen LogP contribution < -0.4 is 4.90 Å². The molecule has 0 bridgehead atoms. The number of carbonyl (C=O) groups is 1. The average molecular weight is 435 g/mol. The molecular weight excluding hydrogens is 408 g/mol. The van der Waals surface area contributed by atoms with Gasteiger partial charge in [-0.15, -0.1) is 0 Å². The number of aldehydes is 1. The highest BCUT2D eigenvalue weighted by molar-refractivity contribution is 5.76. The summed E-state index contributed by atoms with van der Waals surface area (Å²) in [5.74, 6) is 1.58. The minimum Gasteiger partial charge on any atom is -0.350 e. The molecular formula is C28H26N4O. The number of anilines is 1. The van der Waals surface area contributed by atoms with E-state index in [1.54, 1.807) is 0 Å². The second-order valence-electron chi connectivity index (χ2n) is 9.01. The lowest BCUT2D eigenvalue weighted by Gasteiger charge is -2.54. The first-order valence-electron chi connectivity index (χ1n) is 11.6. The molecule has 0 amide bonds. The summed E-state index contributed by atoms with van der Waals surface area (Å²) in [6, 6.07) is 26.7. The fourth-order valence-corrected chi connectivity index (χ4v) is 5.41. The van der Waals surface area contributed by atoms with Crippen LogP contribution in [0.3, 0.4) is 0 Å². The predicted molar refractivity (Wildman–Crippen MR) is 131 cm³/mol. The first-order chi connectivity index (χ1) is 16.3. The van der Waals surface area contributed by atoms with Gasteiger partial charge in [0, 0.05) is 19.1 Å². The Morgan fingerprint density at radius 2 is 1.64 bits per heavy atom. The fraction of sp³-hybridized carbons (Fsp3) is 0.250. The maximum atomic E-state index is 12.4. The van der Waals surface area contributed by atoms with E-state index in [1.165, 1.54) is 0 Å². The Labute approximate surface area is 193 Å². The molecule has 0 aliphatic carbocycles. The molecule has 3 unspecified atom stereocenters. The molecule has 0 spiro atoms. The molecule has 4 aromatic rings. The maximum absolute atomic E-state index is 12.4. The number of fused-ring (bicyclic) bond motifs is 2. The SMILES string of the molecule is O=CC(c1ccccc1-c1ccccc1)N1CCC2CN(c3cnc4ccccc4n3)C2C1. The Hall–Kier alpha value is -3.57. The number of piperidine rings is 1. The zero-order valence-electron chi connectivity index (χ0n) is 18.4. The summed E-state index contributed by atoms with van der Waals surface area (Å²) in [6.07, 6.45) is 4.10. The van der Waals surface area contributed by atoms with Crippen molar-refractivity contribution in [3.05, 3.63) is 90.6 Å². The highest BCUT2D eigenvalue weighted by Gasteiger charge is 2.44. The normalized spacial score (nSPS) is 21.3. The van der Waals surface area contributed by atoms with Crippen LogP contribution in [-0.2, 0) is 4.79 Å². The number of hydrogen-bond acceptors (Lipinski definition) is 5. The third-order valence-electron chi connectivity index (χ3n) is 7.20. The lowest BCUT2D eigenvalue weighted by molar-refractivity contribution is -0.113. The van der Waals surface area contributed by atoms with E-state index < -0.39 is 0 Å². The van der Waals surface area contributed by atoms with Crippen molar-refractivity contribution in [3.63, 3.8) is 0 Å². The van der Waals surface area contributed by atoms with Crippen molar-refractivity contribution >= 4 is 23.1 Å². The highest BCUT2D eigenvalue weighted by Crippen LogP contribution is 2.39. The molecule has 6 rings (SSSR count). The van der Waals surface area contributed by atoms with Crippen LogP contribution in [0.4, 0.5) is 5.82 Å². The minimum atomic E-state index is -0.257. The molecule has 5 nitrogen and oxygen atoms in total. The van der Waals surface area contributed by atoms with Gasteiger partial charge in [-0.1, -0.05) is 66.7 Å². The molecule has 0 N–H and O–H groups in total. The zero-order valence-corrected chi connectivity index (χ0v) is 18.4. The van der Waals surface area contributed by atoms with Crippen molar-refractivity contribution in [3.8, 4) is 11.1 Å². The molecule has 164 valence electrons. The summed E-state index contributed by atoms with van der Waals surface area (Å²) in [7, 11) is 0. The third kappa shape index (κ3) is 3.58. The topological polar surface area (TPSA) is 49.3 Å². The zero-order chi connectivity index (χ0) is 22.2. The molecule has 1 aromatic heterocycles. The van der Waals surface area contributed by atoms with E-state index in [-0.39, 0.29) is 6.04 Å². The largest absolute Gasteiger partial charge is 0.350 e. The monoisotopic (exact) mass is 434 g/mol. The number of carbonyl (C=O) groups excluding carboxylic acids is 1. The van der Waals surface area contributed by atoms with E-state index in [9.17, 15) is 4.79 Å². The Balaban J connectivity index is 1.27. The molecule has 2 fully saturated rings. The number of likely N-dealkylation sites (tertiary alicyclic amines) is 1. The van der Waals surface area contributed by atoms with Crippen LogP contribution >= 0.6 is 0 Å². The van der Waals surface area contributed by atoms with E-state index in [4.69, 9.17) is 4.98 Å². The molecule has 3 aromatic carbocycles. The second-order valence-corrected chi connectivity index (χ2v) is 9.01. The Bertz CT molecular complexity index is 1290. The lowest BCUT2D eigenvalue weighted by Crippen LogP contribution is -2.65. The highest BCUT2D eigenvalue weighted by atomic mass is 16.1. The van der Waals surface area contributed by atoms with Gasteiger partial charge in [0.15, 0.2) is 0 Å². The molecule has 3 heterocycles. The van der Waals surface area contributed by atoms with Gasteiger partial charge in [-0.2, -0.15) is 0 Å². The average Bonchev–Trinajstić information content (AvgIpc) is 2.87. The van der Waals surface area contributed by atoms with Crippen LogP contribution in [0.15, 0.2) is 85.1 Å². The van der Waals surface area contributed by atoms with Gasteiger partial charge >= 0.3 is 0 Å². The van der Waals surface area contributed by atoms with Crippen molar-refractivity contribution in [2.45, 2.75) is 18.5 Å². The standard InChI is InChI=1S/C28H26N4O/c33-19-27(23-11-5-4-10-22(23)20-8-2-1-3-9-20)31-15-14-21-17-32(26(21)18-31)28-16-29-24-12-6-7-13-25(24)30-28/h1-13,16,19,21,26-27H,14-15,17-18H2. The summed E-state index contributed by atoms with van der Waals surface area (Å²) in [5.41, 5.74) is 5.19. The summed E-state index contributed by atoms with van der Waals surface area (Å²) < 4.78 is 0. The molecule has 3 atom stereocenters. The maximum Gasteiger partial charge on any atom is 0.148 e. The summed E-state index contributed by atoms with van der Waals surface area (Å²) in [4.78, 5) is 26.6. The summed E-state index contributed by atoms with van der Waals surface area (Å²) in [6.45, 7) is 2.80. The molecule has 2 saturated heterocycles. The van der Waals surface area contributed by atoms with E-state index in [0.29, 0.717) is 12.0 Å². The number of hydrogen-bond donors (Lipinski definition) is 0. The Morgan fingerprint density at radius 1 is 0.879 bits per heavy atom. The first kappa shape index (κ1) is 20.1. The summed E-state index contributed by atoms with van der Waals surface area (Å²) in [5, 5.41) is 0. The molecule has 2 aliphatic heterocycles. The van der Waals surface area contributed by atoms with E-state index in [0.717, 1.165) is 65.9 Å². The van der Waals surface area contributed by atoms with Gasteiger partial charge in [-0.05, 0) is 47.7 Å². The number of aromatic nitrogens is 2. The van der Waals surface area contributed by atoms with Gasteiger partial charge in [0.1, 0.15) is 12.1 Å². The third-order valence-corrected chi connectivity index (χ3v) is 7.20. The molecule has 5 heteroatoms. The minimum absolute atomic E-state index is 0.257. The van der Waals surface area contributed by atoms with Crippen molar-refractivity contribution in [1.29, 1.82) is 0 Å². The van der Waals surface area contributed by atoms with Crippen molar-refractivity contribution in [2.24, 2.45) is 5.92 Å². The van der Waals surface area contributed by atoms with Crippen LogP contribution in [0.1, 0.15) is 18.0 Å². The van der Waals surface area contributed by atoms with Crippen LogP contribution in [0.25, 0.3) is 22.2 Å². The molecule has 33 heavy (non-hydrogen) atoms. The van der Waals surface area contributed by atoms with Crippen LogP contribution in [0.2, 0.25) is 0 Å². The van der Waals surface area contributed by atoms with Gasteiger partial charge in [0.2, 0.25) is 0 Å². The predicted octanol–water partition coefficient (Wildman–Crippen LogP) is 4.75. The Kier molecular flexibility index (Phi) is 5.11. The lowest BCUT2D eigenvalue weighted by atomic mass is 9.81.